The summed E-state index contributed by atoms with van der Waals surface area (Å²) in [6.07, 6.45) is 0. The zero-order valence-corrected chi connectivity index (χ0v) is 17.5. The number of hydrogen-bond acceptors (Lipinski definition) is 6. The van der Waals surface area contributed by atoms with E-state index >= 15 is 0 Å². The normalized spacial score (nSPS) is 14.8. The van der Waals surface area contributed by atoms with Crippen LogP contribution in [0.25, 0.3) is 0 Å². The summed E-state index contributed by atoms with van der Waals surface area (Å²) in [6, 6.07) is 13.2. The number of nitrogens with one attached hydrogen (secondary N) is 1. The summed E-state index contributed by atoms with van der Waals surface area (Å²) in [4.78, 5) is 24.1. The van der Waals surface area contributed by atoms with Gasteiger partial charge in [-0.3, -0.25) is 4.79 Å². The van der Waals surface area contributed by atoms with Gasteiger partial charge in [0.25, 0.3) is 5.91 Å². The lowest BCUT2D eigenvalue weighted by atomic mass is 10.1. The van der Waals surface area contributed by atoms with Crippen LogP contribution >= 0.6 is 0 Å². The molecule has 0 unspecified atom stereocenters. The Morgan fingerprint density at radius 1 is 1.03 bits per heavy atom. The highest BCUT2D eigenvalue weighted by Gasteiger charge is 2.26. The molecule has 0 atom stereocenters. The molecule has 1 fully saturated rings. The van der Waals surface area contributed by atoms with Gasteiger partial charge in [0, 0.05) is 19.6 Å². The van der Waals surface area contributed by atoms with E-state index in [-0.39, 0.29) is 10.5 Å². The van der Waals surface area contributed by atoms with Gasteiger partial charge < -0.3 is 14.8 Å². The molecular formula is C21H24N2O6S. The van der Waals surface area contributed by atoms with E-state index in [1.165, 1.54) is 28.6 Å². The van der Waals surface area contributed by atoms with E-state index < -0.39 is 28.5 Å². The molecule has 3 rings (SSSR count). The van der Waals surface area contributed by atoms with Gasteiger partial charge >= 0.3 is 5.97 Å². The Morgan fingerprint density at radius 3 is 2.30 bits per heavy atom. The van der Waals surface area contributed by atoms with E-state index in [1.807, 2.05) is 31.2 Å². The molecule has 1 heterocycles. The van der Waals surface area contributed by atoms with Crippen molar-refractivity contribution in [3.8, 4) is 0 Å². The van der Waals surface area contributed by atoms with Crippen LogP contribution in [0.3, 0.4) is 0 Å². The summed E-state index contributed by atoms with van der Waals surface area (Å²) < 4.78 is 36.7. The van der Waals surface area contributed by atoms with Crippen LogP contribution in [0.15, 0.2) is 53.4 Å². The molecule has 1 aliphatic heterocycles. The minimum Gasteiger partial charge on any atom is -0.452 e. The third-order valence-corrected chi connectivity index (χ3v) is 6.56. The lowest BCUT2D eigenvalue weighted by molar-refractivity contribution is -0.124. The fourth-order valence-electron chi connectivity index (χ4n) is 2.87. The minimum absolute atomic E-state index is 0.0943. The van der Waals surface area contributed by atoms with E-state index in [9.17, 15) is 18.0 Å². The summed E-state index contributed by atoms with van der Waals surface area (Å²) in [6.45, 7) is 3.20. The summed E-state index contributed by atoms with van der Waals surface area (Å²) in [5, 5.41) is 2.68. The van der Waals surface area contributed by atoms with Gasteiger partial charge in [0.15, 0.2) is 6.61 Å². The summed E-state index contributed by atoms with van der Waals surface area (Å²) in [7, 11) is -3.63. The Hall–Kier alpha value is -2.75. The van der Waals surface area contributed by atoms with Crippen molar-refractivity contribution >= 4 is 21.9 Å². The van der Waals surface area contributed by atoms with E-state index in [0.29, 0.717) is 32.8 Å². The first-order valence-electron chi connectivity index (χ1n) is 9.53. The fourth-order valence-corrected chi connectivity index (χ4v) is 4.28. The number of sulfonamides is 1. The summed E-state index contributed by atoms with van der Waals surface area (Å²) in [5.74, 6) is -1.12. The van der Waals surface area contributed by atoms with Crippen molar-refractivity contribution in [3.63, 3.8) is 0 Å². The molecule has 0 spiro atoms. The van der Waals surface area contributed by atoms with Crippen molar-refractivity contribution in [2.24, 2.45) is 0 Å². The van der Waals surface area contributed by atoms with Crippen molar-refractivity contribution in [3.05, 3.63) is 65.2 Å². The van der Waals surface area contributed by atoms with Crippen molar-refractivity contribution in [1.82, 2.24) is 9.62 Å². The highest BCUT2D eigenvalue weighted by atomic mass is 32.2. The molecule has 0 aliphatic carbocycles. The van der Waals surface area contributed by atoms with Gasteiger partial charge in [-0.15, -0.1) is 0 Å². The first kappa shape index (κ1) is 21.9. The molecule has 0 saturated carbocycles. The SMILES string of the molecule is Cc1ccc(CNC(=O)COC(=O)c2ccc(S(=O)(=O)N3CCOCC3)cc2)cc1. The number of amides is 1. The van der Waals surface area contributed by atoms with Crippen LogP contribution in [0.5, 0.6) is 0 Å². The lowest BCUT2D eigenvalue weighted by Crippen LogP contribution is -2.40. The van der Waals surface area contributed by atoms with Gasteiger partial charge in [0.05, 0.1) is 23.7 Å². The molecule has 0 aromatic heterocycles. The van der Waals surface area contributed by atoms with Gasteiger partial charge in [0.1, 0.15) is 0 Å². The number of aryl methyl sites for hydroxylation is 1. The smallest absolute Gasteiger partial charge is 0.338 e. The van der Waals surface area contributed by atoms with Crippen molar-refractivity contribution in [2.75, 3.05) is 32.9 Å². The number of ether oxygens (including phenoxy) is 2. The number of carbonyl (C=O) groups excluding carboxylic acids is 2. The van der Waals surface area contributed by atoms with Crippen LogP contribution in [0, 0.1) is 6.92 Å². The van der Waals surface area contributed by atoms with Crippen LogP contribution in [0.2, 0.25) is 0 Å². The second-order valence-corrected chi connectivity index (χ2v) is 8.82. The molecule has 30 heavy (non-hydrogen) atoms. The van der Waals surface area contributed by atoms with E-state index in [0.717, 1.165) is 11.1 Å². The second-order valence-electron chi connectivity index (χ2n) is 6.88. The zero-order valence-electron chi connectivity index (χ0n) is 16.7. The van der Waals surface area contributed by atoms with Crippen molar-refractivity contribution in [1.29, 1.82) is 0 Å². The molecule has 1 aliphatic rings. The zero-order chi connectivity index (χ0) is 21.6. The van der Waals surface area contributed by atoms with Crippen molar-refractivity contribution in [2.45, 2.75) is 18.4 Å². The standard InChI is InChI=1S/C21H24N2O6S/c1-16-2-4-17(5-3-16)14-22-20(24)15-29-21(25)18-6-8-19(9-7-18)30(26,27)23-10-12-28-13-11-23/h2-9H,10-15H2,1H3,(H,22,24). The highest BCUT2D eigenvalue weighted by molar-refractivity contribution is 7.89. The third kappa shape index (κ3) is 5.65. The Balaban J connectivity index is 1.50. The maximum absolute atomic E-state index is 12.6. The minimum atomic E-state index is -3.63. The van der Waals surface area contributed by atoms with Gasteiger partial charge in [-0.25, -0.2) is 13.2 Å². The molecule has 9 heteroatoms. The maximum atomic E-state index is 12.6. The predicted octanol–water partition coefficient (Wildman–Crippen LogP) is 1.49. The molecule has 8 nitrogen and oxygen atoms in total. The molecule has 1 amide bonds. The molecule has 1 saturated heterocycles. The van der Waals surface area contributed by atoms with Crippen LogP contribution in [-0.2, 0) is 30.8 Å². The maximum Gasteiger partial charge on any atom is 0.338 e. The van der Waals surface area contributed by atoms with Crippen LogP contribution in [-0.4, -0.2) is 57.5 Å². The average molecular weight is 432 g/mol. The highest BCUT2D eigenvalue weighted by Crippen LogP contribution is 2.18. The van der Waals surface area contributed by atoms with Gasteiger partial charge in [-0.2, -0.15) is 4.31 Å². The molecule has 0 bridgehead atoms. The average Bonchev–Trinajstić information content (AvgIpc) is 2.77. The summed E-state index contributed by atoms with van der Waals surface area (Å²) in [5.41, 5.74) is 2.24. The van der Waals surface area contributed by atoms with Crippen LogP contribution in [0.1, 0.15) is 21.5 Å². The molecule has 0 radical (unpaired) electrons. The first-order valence-corrected chi connectivity index (χ1v) is 11.0. The van der Waals surface area contributed by atoms with E-state index in [4.69, 9.17) is 9.47 Å². The number of hydrogen-bond donors (Lipinski definition) is 1. The fraction of sp³-hybridized carbons (Fsp3) is 0.333. The Bertz CT molecular complexity index is 981. The number of nitrogens with zero attached hydrogens (tertiary/aromatic N) is 1. The number of carbonyl (C=O) groups is 2. The van der Waals surface area contributed by atoms with Crippen LogP contribution in [0.4, 0.5) is 0 Å². The number of benzene rings is 2. The van der Waals surface area contributed by atoms with E-state index in [2.05, 4.69) is 5.32 Å². The van der Waals surface area contributed by atoms with Gasteiger partial charge in [-0.1, -0.05) is 29.8 Å². The molecular weight excluding hydrogens is 408 g/mol. The third-order valence-electron chi connectivity index (χ3n) is 4.64. The lowest BCUT2D eigenvalue weighted by Gasteiger charge is -2.26. The van der Waals surface area contributed by atoms with Crippen molar-refractivity contribution < 1.29 is 27.5 Å². The monoisotopic (exact) mass is 432 g/mol. The Morgan fingerprint density at radius 2 is 1.67 bits per heavy atom. The largest absolute Gasteiger partial charge is 0.452 e. The van der Waals surface area contributed by atoms with Gasteiger partial charge in [0.2, 0.25) is 10.0 Å². The Labute approximate surface area is 175 Å². The van der Waals surface area contributed by atoms with E-state index in [1.54, 1.807) is 0 Å². The summed E-state index contributed by atoms with van der Waals surface area (Å²) >= 11 is 0. The van der Waals surface area contributed by atoms with Gasteiger partial charge in [-0.05, 0) is 36.8 Å². The second kappa shape index (κ2) is 9.84. The number of rotatable bonds is 7. The van der Waals surface area contributed by atoms with Crippen LogP contribution < -0.4 is 5.32 Å². The number of morpholine rings is 1. The molecule has 1 N–H and O–H groups in total. The Kier molecular flexibility index (Phi) is 7.20. The first-order chi connectivity index (χ1) is 14.4. The topological polar surface area (TPSA) is 102 Å². The molecule has 2 aromatic carbocycles. The molecule has 2 aromatic rings. The predicted molar refractivity (Wildman–Crippen MR) is 109 cm³/mol. The molecule has 160 valence electrons. The quantitative estimate of drug-likeness (QED) is 0.665. The number of esters is 1.